The van der Waals surface area contributed by atoms with E-state index in [1.807, 2.05) is 24.4 Å². The number of aromatic nitrogens is 1. The van der Waals surface area contributed by atoms with Crippen molar-refractivity contribution in [1.82, 2.24) is 15.2 Å². The van der Waals surface area contributed by atoms with Crippen molar-refractivity contribution in [2.45, 2.75) is 44.1 Å². The molecule has 1 saturated carbocycles. The van der Waals surface area contributed by atoms with Crippen molar-refractivity contribution in [3.8, 4) is 0 Å². The van der Waals surface area contributed by atoms with Gasteiger partial charge in [-0.25, -0.2) is 4.98 Å². The molecule has 0 atom stereocenters. The highest BCUT2D eigenvalue weighted by Crippen LogP contribution is 2.26. The molecule has 2 aliphatic rings. The van der Waals surface area contributed by atoms with E-state index in [1.54, 1.807) is 0 Å². The fraction of sp³-hybridized carbons (Fsp3) is 0.684. The molecule has 6 heteroatoms. The second kappa shape index (κ2) is 8.63. The third kappa shape index (κ3) is 5.41. The molecule has 1 aliphatic heterocycles. The first-order valence-electron chi connectivity index (χ1n) is 9.52. The van der Waals surface area contributed by atoms with Crippen LogP contribution >= 0.6 is 0 Å². The number of rotatable bonds is 5. The first-order valence-corrected chi connectivity index (χ1v) is 9.52. The highest BCUT2D eigenvalue weighted by molar-refractivity contribution is 5.78. The molecule has 0 spiro atoms. The van der Waals surface area contributed by atoms with Crippen LogP contribution in [-0.2, 0) is 4.79 Å². The Morgan fingerprint density at radius 3 is 2.48 bits per heavy atom. The molecule has 138 valence electrons. The number of nitrogens with zero attached hydrogens (tertiary/aromatic N) is 3. The number of carbonyl (C=O) groups excluding carboxylic acids is 1. The first kappa shape index (κ1) is 18.1. The van der Waals surface area contributed by atoms with Gasteiger partial charge in [-0.05, 0) is 25.0 Å². The van der Waals surface area contributed by atoms with Gasteiger partial charge in [0.15, 0.2) is 0 Å². The van der Waals surface area contributed by atoms with Crippen LogP contribution in [0.5, 0.6) is 0 Å². The van der Waals surface area contributed by atoms with Crippen LogP contribution in [0.25, 0.3) is 0 Å². The minimum absolute atomic E-state index is 0.0176. The lowest BCUT2D eigenvalue weighted by Crippen LogP contribution is -2.51. The lowest BCUT2D eigenvalue weighted by atomic mass is 9.94. The highest BCUT2D eigenvalue weighted by Gasteiger charge is 2.28. The SMILES string of the molecule is O=C(CN1CCN(c2ccccn2)CC1)NCC1(O)CCCCCC1. The van der Waals surface area contributed by atoms with Crippen LogP contribution < -0.4 is 10.2 Å². The number of anilines is 1. The Labute approximate surface area is 150 Å². The van der Waals surface area contributed by atoms with Gasteiger partial charge in [0, 0.05) is 38.9 Å². The predicted octanol–water partition coefficient (Wildman–Crippen LogP) is 1.41. The van der Waals surface area contributed by atoms with Crippen LogP contribution in [-0.4, -0.2) is 65.8 Å². The number of amides is 1. The Balaban J connectivity index is 1.39. The van der Waals surface area contributed by atoms with Crippen LogP contribution in [0, 0.1) is 0 Å². The molecule has 1 saturated heterocycles. The van der Waals surface area contributed by atoms with E-state index in [0.29, 0.717) is 13.1 Å². The average Bonchev–Trinajstić information content (AvgIpc) is 2.87. The molecule has 0 aromatic carbocycles. The molecule has 2 N–H and O–H groups in total. The summed E-state index contributed by atoms with van der Waals surface area (Å²) in [5.41, 5.74) is -0.705. The molecule has 6 nitrogen and oxygen atoms in total. The zero-order valence-electron chi connectivity index (χ0n) is 15.0. The maximum atomic E-state index is 12.2. The minimum Gasteiger partial charge on any atom is -0.388 e. The van der Waals surface area contributed by atoms with E-state index in [1.165, 1.54) is 12.8 Å². The van der Waals surface area contributed by atoms with Crippen molar-refractivity contribution in [2.24, 2.45) is 0 Å². The predicted molar refractivity (Wildman–Crippen MR) is 98.6 cm³/mol. The summed E-state index contributed by atoms with van der Waals surface area (Å²) >= 11 is 0. The average molecular weight is 346 g/mol. The van der Waals surface area contributed by atoms with E-state index >= 15 is 0 Å². The molecule has 2 heterocycles. The van der Waals surface area contributed by atoms with Gasteiger partial charge in [-0.15, -0.1) is 0 Å². The van der Waals surface area contributed by atoms with Crippen molar-refractivity contribution in [3.05, 3.63) is 24.4 Å². The van der Waals surface area contributed by atoms with Gasteiger partial charge in [-0.3, -0.25) is 9.69 Å². The quantitative estimate of drug-likeness (QED) is 0.789. The van der Waals surface area contributed by atoms with Gasteiger partial charge in [0.05, 0.1) is 12.1 Å². The second-order valence-electron chi connectivity index (χ2n) is 7.37. The van der Waals surface area contributed by atoms with Crippen LogP contribution in [0.2, 0.25) is 0 Å². The summed E-state index contributed by atoms with van der Waals surface area (Å²) in [5.74, 6) is 1.02. The molecular formula is C19H30N4O2. The van der Waals surface area contributed by atoms with Gasteiger partial charge in [-0.1, -0.05) is 31.7 Å². The Bertz CT molecular complexity index is 536. The summed E-state index contributed by atoms with van der Waals surface area (Å²) in [6.45, 7) is 4.27. The molecule has 25 heavy (non-hydrogen) atoms. The van der Waals surface area contributed by atoms with E-state index in [0.717, 1.165) is 57.7 Å². The number of pyridine rings is 1. The summed E-state index contributed by atoms with van der Waals surface area (Å²) in [6, 6.07) is 5.95. The monoisotopic (exact) mass is 346 g/mol. The van der Waals surface area contributed by atoms with Crippen molar-refractivity contribution in [2.75, 3.05) is 44.2 Å². The molecule has 1 aromatic rings. The number of piperazine rings is 1. The van der Waals surface area contributed by atoms with Crippen molar-refractivity contribution >= 4 is 11.7 Å². The standard InChI is InChI=1S/C19H30N4O2/c24-18(21-16-19(25)8-4-1-2-5-9-19)15-22-11-13-23(14-12-22)17-7-3-6-10-20-17/h3,6-7,10,25H,1-2,4-5,8-9,11-16H2,(H,21,24). The maximum Gasteiger partial charge on any atom is 0.234 e. The Hall–Kier alpha value is -1.66. The van der Waals surface area contributed by atoms with Gasteiger partial charge in [0.25, 0.3) is 0 Å². The molecule has 3 rings (SSSR count). The van der Waals surface area contributed by atoms with Crippen LogP contribution in [0.15, 0.2) is 24.4 Å². The summed E-state index contributed by atoms with van der Waals surface area (Å²) in [7, 11) is 0. The molecule has 1 amide bonds. The lowest BCUT2D eigenvalue weighted by Gasteiger charge is -2.35. The van der Waals surface area contributed by atoms with Crippen molar-refractivity contribution in [1.29, 1.82) is 0 Å². The normalized spacial score (nSPS) is 21.6. The van der Waals surface area contributed by atoms with Gasteiger partial charge in [-0.2, -0.15) is 0 Å². The molecule has 0 bridgehead atoms. The molecule has 0 radical (unpaired) electrons. The topological polar surface area (TPSA) is 68.7 Å². The Morgan fingerprint density at radius 1 is 1.12 bits per heavy atom. The van der Waals surface area contributed by atoms with E-state index in [4.69, 9.17) is 0 Å². The summed E-state index contributed by atoms with van der Waals surface area (Å²) in [5, 5.41) is 13.6. The summed E-state index contributed by atoms with van der Waals surface area (Å²) in [4.78, 5) is 21.1. The third-order valence-corrected chi connectivity index (χ3v) is 5.36. The lowest BCUT2D eigenvalue weighted by molar-refractivity contribution is -0.123. The molecule has 2 fully saturated rings. The van der Waals surface area contributed by atoms with Gasteiger partial charge in [0.1, 0.15) is 5.82 Å². The molecule has 0 unspecified atom stereocenters. The van der Waals surface area contributed by atoms with Crippen molar-refractivity contribution in [3.63, 3.8) is 0 Å². The van der Waals surface area contributed by atoms with E-state index in [2.05, 4.69) is 20.1 Å². The second-order valence-corrected chi connectivity index (χ2v) is 7.37. The number of aliphatic hydroxyl groups is 1. The minimum atomic E-state index is -0.705. The number of hydrogen-bond acceptors (Lipinski definition) is 5. The number of carbonyl (C=O) groups is 1. The number of nitrogens with one attached hydrogen (secondary N) is 1. The van der Waals surface area contributed by atoms with Crippen molar-refractivity contribution < 1.29 is 9.90 Å². The van der Waals surface area contributed by atoms with E-state index in [-0.39, 0.29) is 5.91 Å². The largest absolute Gasteiger partial charge is 0.388 e. The van der Waals surface area contributed by atoms with E-state index in [9.17, 15) is 9.90 Å². The Kier molecular flexibility index (Phi) is 6.26. The van der Waals surface area contributed by atoms with Gasteiger partial charge in [0.2, 0.25) is 5.91 Å². The highest BCUT2D eigenvalue weighted by atomic mass is 16.3. The molecule has 1 aromatic heterocycles. The van der Waals surface area contributed by atoms with Crippen LogP contribution in [0.3, 0.4) is 0 Å². The summed E-state index contributed by atoms with van der Waals surface area (Å²) in [6.07, 6.45) is 7.91. The maximum absolute atomic E-state index is 12.2. The fourth-order valence-corrected chi connectivity index (χ4v) is 3.76. The number of hydrogen-bond donors (Lipinski definition) is 2. The Morgan fingerprint density at radius 2 is 1.84 bits per heavy atom. The first-order chi connectivity index (χ1) is 12.1. The van der Waals surface area contributed by atoms with Crippen LogP contribution in [0.1, 0.15) is 38.5 Å². The smallest absolute Gasteiger partial charge is 0.234 e. The van der Waals surface area contributed by atoms with Gasteiger partial charge >= 0.3 is 0 Å². The fourth-order valence-electron chi connectivity index (χ4n) is 3.76. The summed E-state index contributed by atoms with van der Waals surface area (Å²) < 4.78 is 0. The zero-order valence-corrected chi connectivity index (χ0v) is 15.0. The van der Waals surface area contributed by atoms with Crippen LogP contribution in [0.4, 0.5) is 5.82 Å². The molecule has 1 aliphatic carbocycles. The zero-order chi connectivity index (χ0) is 17.5. The van der Waals surface area contributed by atoms with E-state index < -0.39 is 5.60 Å². The van der Waals surface area contributed by atoms with Gasteiger partial charge < -0.3 is 15.3 Å². The molecular weight excluding hydrogens is 316 g/mol. The third-order valence-electron chi connectivity index (χ3n) is 5.36.